The summed E-state index contributed by atoms with van der Waals surface area (Å²) in [6.45, 7) is 2.54. The van der Waals surface area contributed by atoms with Crippen LogP contribution in [0.4, 0.5) is 5.95 Å². The molecule has 0 amide bonds. The molecule has 0 aliphatic carbocycles. The Hall–Kier alpha value is -1.73. The van der Waals surface area contributed by atoms with Gasteiger partial charge in [0.2, 0.25) is 5.95 Å². The summed E-state index contributed by atoms with van der Waals surface area (Å²) >= 11 is 3.38. The van der Waals surface area contributed by atoms with Gasteiger partial charge in [-0.3, -0.25) is 0 Å². The molecule has 3 heterocycles. The summed E-state index contributed by atoms with van der Waals surface area (Å²) in [5, 5.41) is 12.7. The molecule has 0 aliphatic heterocycles. The summed E-state index contributed by atoms with van der Waals surface area (Å²) in [5.74, 6) is 1.53. The zero-order valence-electron chi connectivity index (χ0n) is 10.6. The summed E-state index contributed by atoms with van der Waals surface area (Å²) in [4.78, 5) is 10.1. The molecule has 0 fully saturated rings. The van der Waals surface area contributed by atoms with E-state index < -0.39 is 0 Å². The lowest BCUT2D eigenvalue weighted by molar-refractivity contribution is 0.757. The van der Waals surface area contributed by atoms with Gasteiger partial charge in [-0.25, -0.2) is 9.67 Å². The molecule has 3 aromatic rings. The van der Waals surface area contributed by atoms with E-state index in [1.165, 1.54) is 4.88 Å². The fourth-order valence-corrected chi connectivity index (χ4v) is 3.37. The van der Waals surface area contributed by atoms with Gasteiger partial charge in [-0.05, 0) is 18.4 Å². The molecule has 0 aliphatic rings. The third-order valence-electron chi connectivity index (χ3n) is 2.58. The minimum atomic E-state index is 0.661. The van der Waals surface area contributed by atoms with Crippen LogP contribution in [-0.2, 0) is 13.6 Å². The Kier molecular flexibility index (Phi) is 3.31. The maximum atomic E-state index is 4.61. The molecule has 0 atom stereocenters. The highest BCUT2D eigenvalue weighted by Gasteiger charge is 2.07. The first-order chi connectivity index (χ1) is 9.22. The lowest BCUT2D eigenvalue weighted by Crippen LogP contribution is -2.05. The second kappa shape index (κ2) is 5.10. The molecule has 0 saturated carbocycles. The van der Waals surface area contributed by atoms with Gasteiger partial charge in [-0.2, -0.15) is 10.1 Å². The number of rotatable bonds is 4. The van der Waals surface area contributed by atoms with E-state index in [-0.39, 0.29) is 0 Å². The molecular weight excluding hydrogens is 278 g/mol. The molecule has 5 nitrogen and oxygen atoms in total. The van der Waals surface area contributed by atoms with E-state index in [2.05, 4.69) is 37.2 Å². The lowest BCUT2D eigenvalue weighted by atomic mass is 10.4. The van der Waals surface area contributed by atoms with E-state index in [0.29, 0.717) is 6.54 Å². The lowest BCUT2D eigenvalue weighted by Gasteiger charge is -2.01. The van der Waals surface area contributed by atoms with Crippen LogP contribution in [0.2, 0.25) is 0 Å². The van der Waals surface area contributed by atoms with Gasteiger partial charge < -0.3 is 5.32 Å². The smallest absolute Gasteiger partial charge is 0.221 e. The van der Waals surface area contributed by atoms with Crippen molar-refractivity contribution in [3.63, 3.8) is 0 Å². The SMILES string of the molecule is Cc1nc(NCc2csc(-c3cccs3)n2)n(C)n1. The number of anilines is 1. The highest BCUT2D eigenvalue weighted by Crippen LogP contribution is 2.27. The monoisotopic (exact) mass is 291 g/mol. The number of hydrogen-bond donors (Lipinski definition) is 1. The van der Waals surface area contributed by atoms with Crippen LogP contribution in [-0.4, -0.2) is 19.7 Å². The van der Waals surface area contributed by atoms with E-state index >= 15 is 0 Å². The molecule has 0 spiro atoms. The predicted molar refractivity (Wildman–Crippen MR) is 78.5 cm³/mol. The zero-order chi connectivity index (χ0) is 13.2. The van der Waals surface area contributed by atoms with Crippen LogP contribution in [0.15, 0.2) is 22.9 Å². The average molecular weight is 291 g/mol. The van der Waals surface area contributed by atoms with Gasteiger partial charge in [0.15, 0.2) is 0 Å². The molecule has 0 saturated heterocycles. The van der Waals surface area contributed by atoms with Gasteiger partial charge in [0.05, 0.1) is 17.1 Å². The maximum Gasteiger partial charge on any atom is 0.221 e. The minimum absolute atomic E-state index is 0.661. The van der Waals surface area contributed by atoms with Crippen molar-refractivity contribution in [3.8, 4) is 9.88 Å². The second-order valence-corrected chi connectivity index (χ2v) is 5.89. The molecule has 19 heavy (non-hydrogen) atoms. The molecule has 1 N–H and O–H groups in total. The van der Waals surface area contributed by atoms with Crippen molar-refractivity contribution >= 4 is 28.6 Å². The van der Waals surface area contributed by atoms with Crippen molar-refractivity contribution in [2.75, 3.05) is 5.32 Å². The summed E-state index contributed by atoms with van der Waals surface area (Å²) < 4.78 is 1.74. The predicted octanol–water partition coefficient (Wildman–Crippen LogP) is 2.92. The highest BCUT2D eigenvalue weighted by atomic mass is 32.1. The van der Waals surface area contributed by atoms with E-state index in [1.54, 1.807) is 27.4 Å². The van der Waals surface area contributed by atoms with Gasteiger partial charge in [0.1, 0.15) is 10.8 Å². The van der Waals surface area contributed by atoms with Gasteiger partial charge in [-0.15, -0.1) is 22.7 Å². The molecule has 98 valence electrons. The number of aromatic nitrogens is 4. The van der Waals surface area contributed by atoms with Crippen molar-refractivity contribution in [3.05, 3.63) is 34.4 Å². The molecule has 7 heteroatoms. The molecular formula is C12H13N5S2. The number of nitrogens with zero attached hydrogens (tertiary/aromatic N) is 4. The highest BCUT2D eigenvalue weighted by molar-refractivity contribution is 7.20. The van der Waals surface area contributed by atoms with Crippen LogP contribution in [0.5, 0.6) is 0 Å². The van der Waals surface area contributed by atoms with Crippen LogP contribution in [0.1, 0.15) is 11.5 Å². The van der Waals surface area contributed by atoms with E-state index in [4.69, 9.17) is 0 Å². The quantitative estimate of drug-likeness (QED) is 0.803. The first-order valence-corrected chi connectivity index (χ1v) is 7.58. The largest absolute Gasteiger partial charge is 0.349 e. The second-order valence-electron chi connectivity index (χ2n) is 4.08. The number of thiophene rings is 1. The number of nitrogens with one attached hydrogen (secondary N) is 1. The first-order valence-electron chi connectivity index (χ1n) is 5.82. The van der Waals surface area contributed by atoms with Gasteiger partial charge in [-0.1, -0.05) is 6.07 Å². The first kappa shape index (κ1) is 12.3. The van der Waals surface area contributed by atoms with Crippen LogP contribution in [0, 0.1) is 6.92 Å². The molecule has 3 aromatic heterocycles. The number of hydrogen-bond acceptors (Lipinski definition) is 6. The summed E-state index contributed by atoms with van der Waals surface area (Å²) in [6.07, 6.45) is 0. The summed E-state index contributed by atoms with van der Waals surface area (Å²) in [7, 11) is 1.88. The minimum Gasteiger partial charge on any atom is -0.349 e. The van der Waals surface area contributed by atoms with Crippen LogP contribution < -0.4 is 5.32 Å². The fourth-order valence-electron chi connectivity index (χ4n) is 1.74. The summed E-state index contributed by atoms with van der Waals surface area (Å²) in [5.41, 5.74) is 1.02. The average Bonchev–Trinajstić information content (AvgIpc) is 3.07. The van der Waals surface area contributed by atoms with Gasteiger partial charge in [0.25, 0.3) is 0 Å². The van der Waals surface area contributed by atoms with Crippen molar-refractivity contribution in [1.29, 1.82) is 0 Å². The van der Waals surface area contributed by atoms with E-state index in [1.807, 2.05) is 20.0 Å². The van der Waals surface area contributed by atoms with Crippen molar-refractivity contribution in [2.24, 2.45) is 7.05 Å². The van der Waals surface area contributed by atoms with Crippen LogP contribution in [0.25, 0.3) is 9.88 Å². The normalized spacial score (nSPS) is 10.8. The molecule has 0 bridgehead atoms. The number of aryl methyl sites for hydroxylation is 2. The Morgan fingerprint density at radius 3 is 2.89 bits per heavy atom. The Labute approximate surface area is 119 Å². The van der Waals surface area contributed by atoms with Crippen molar-refractivity contribution in [1.82, 2.24) is 19.7 Å². The zero-order valence-corrected chi connectivity index (χ0v) is 12.3. The Morgan fingerprint density at radius 2 is 2.21 bits per heavy atom. The Balaban J connectivity index is 1.69. The molecule has 0 radical (unpaired) electrons. The fraction of sp³-hybridized carbons (Fsp3) is 0.250. The topological polar surface area (TPSA) is 55.6 Å². The molecule has 3 rings (SSSR count). The summed E-state index contributed by atoms with van der Waals surface area (Å²) in [6, 6.07) is 4.13. The third kappa shape index (κ3) is 2.66. The Bertz CT molecular complexity index is 668. The standard InChI is InChI=1S/C12H13N5S2/c1-8-14-12(17(2)16-8)13-6-9-7-19-11(15-9)10-4-3-5-18-10/h3-5,7H,6H2,1-2H3,(H,13,14,16). The van der Waals surface area contributed by atoms with Crippen molar-refractivity contribution in [2.45, 2.75) is 13.5 Å². The Morgan fingerprint density at radius 1 is 1.32 bits per heavy atom. The molecule has 0 aromatic carbocycles. The van der Waals surface area contributed by atoms with Crippen LogP contribution >= 0.6 is 22.7 Å². The van der Waals surface area contributed by atoms with Crippen molar-refractivity contribution < 1.29 is 0 Å². The van der Waals surface area contributed by atoms with E-state index in [0.717, 1.165) is 22.5 Å². The van der Waals surface area contributed by atoms with E-state index in [9.17, 15) is 0 Å². The third-order valence-corrected chi connectivity index (χ3v) is 4.51. The molecule has 0 unspecified atom stereocenters. The van der Waals surface area contributed by atoms with Crippen LogP contribution in [0.3, 0.4) is 0 Å². The maximum absolute atomic E-state index is 4.61. The van der Waals surface area contributed by atoms with Gasteiger partial charge in [0, 0.05) is 12.4 Å². The number of thiazole rings is 1. The van der Waals surface area contributed by atoms with Gasteiger partial charge >= 0.3 is 0 Å².